The number of nitrogens with zero attached hydrogens (tertiary/aromatic N) is 6. The van der Waals surface area contributed by atoms with E-state index in [1.165, 1.54) is 22.8 Å². The molecule has 3 N–H and O–H groups in total. The average Bonchev–Trinajstić information content (AvgIpc) is 3.45. The van der Waals surface area contributed by atoms with Gasteiger partial charge in [0.1, 0.15) is 16.9 Å². The number of anilines is 2. The molecule has 1 aromatic carbocycles. The van der Waals surface area contributed by atoms with E-state index in [2.05, 4.69) is 30.5 Å². The van der Waals surface area contributed by atoms with E-state index in [1.807, 2.05) is 13.8 Å². The molecule has 14 heteroatoms. The summed E-state index contributed by atoms with van der Waals surface area (Å²) in [6, 6.07) is 2.62. The minimum atomic E-state index is -3.45. The van der Waals surface area contributed by atoms with E-state index in [1.54, 1.807) is 24.5 Å². The van der Waals surface area contributed by atoms with Crippen LogP contribution >= 0.6 is 11.6 Å². The Labute approximate surface area is 224 Å². The summed E-state index contributed by atoms with van der Waals surface area (Å²) in [5.74, 6) is 0.0186. The second-order valence-corrected chi connectivity index (χ2v) is 12.5. The molecule has 1 atom stereocenters. The number of fused-ring (bicyclic) bond motifs is 2. The van der Waals surface area contributed by atoms with E-state index in [-0.39, 0.29) is 35.1 Å². The molecule has 0 amide bonds. The molecule has 11 nitrogen and oxygen atoms in total. The van der Waals surface area contributed by atoms with E-state index < -0.39 is 21.4 Å². The zero-order chi connectivity index (χ0) is 27.6. The highest BCUT2D eigenvalue weighted by atomic mass is 35.5. The van der Waals surface area contributed by atoms with Gasteiger partial charge in [0.25, 0.3) is 0 Å². The molecule has 0 radical (unpaired) electrons. The molecule has 38 heavy (non-hydrogen) atoms. The molecule has 5 rings (SSSR count). The number of nitrogens with one attached hydrogen (secondary N) is 2. The van der Waals surface area contributed by atoms with E-state index in [0.717, 1.165) is 6.26 Å². The first-order valence-electron chi connectivity index (χ1n) is 12.0. The van der Waals surface area contributed by atoms with Crippen molar-refractivity contribution in [3.8, 4) is 11.3 Å². The first-order valence-corrected chi connectivity index (χ1v) is 14.2. The fourth-order valence-electron chi connectivity index (χ4n) is 4.78. The lowest BCUT2D eigenvalue weighted by Gasteiger charge is -2.31. The fraction of sp³-hybridized carbons (Fsp3) is 0.417. The van der Waals surface area contributed by atoms with Gasteiger partial charge in [-0.1, -0.05) is 11.6 Å². The smallest absolute Gasteiger partial charge is 0.232 e. The van der Waals surface area contributed by atoms with Crippen LogP contribution in [0.2, 0.25) is 5.02 Å². The number of hydrogen-bond acceptors (Lipinski definition) is 8. The monoisotopic (exact) mass is 562 g/mol. The van der Waals surface area contributed by atoms with Gasteiger partial charge in [-0.15, -0.1) is 0 Å². The summed E-state index contributed by atoms with van der Waals surface area (Å²) in [5, 5.41) is 21.0. The SMILES string of the molecule is CC(C)n1c(C(C)(C)O)nc2c(F)cc(-c3nc(NC4CCN(S(C)(=O)=O)c5cn[nH]c54)ncc3Cl)cc21. The van der Waals surface area contributed by atoms with Crippen LogP contribution in [0.15, 0.2) is 24.5 Å². The highest BCUT2D eigenvalue weighted by molar-refractivity contribution is 7.92. The Morgan fingerprint density at radius 3 is 2.66 bits per heavy atom. The van der Waals surface area contributed by atoms with E-state index in [4.69, 9.17) is 11.6 Å². The number of hydrogen-bond donors (Lipinski definition) is 3. The van der Waals surface area contributed by atoms with Gasteiger partial charge in [0.2, 0.25) is 16.0 Å². The lowest BCUT2D eigenvalue weighted by Crippen LogP contribution is -2.37. The number of halogens is 2. The predicted molar refractivity (Wildman–Crippen MR) is 143 cm³/mol. The van der Waals surface area contributed by atoms with Crippen LogP contribution in [-0.2, 0) is 15.6 Å². The standard InChI is InChI=1S/C24H28ClFN8O3S/c1-12(2)34-17-9-13(8-15(26)20(17)30-22(34)24(3,4)35)19-14(25)10-27-23(31-19)29-16-6-7-33(38(5,36)37)18-11-28-32-21(16)18/h8-12,16,35H,6-7H2,1-5H3,(H,28,32)(H,27,29,31). The minimum absolute atomic E-state index is 0.101. The Morgan fingerprint density at radius 1 is 1.26 bits per heavy atom. The van der Waals surface area contributed by atoms with Crippen molar-refractivity contribution in [2.45, 2.75) is 51.8 Å². The predicted octanol–water partition coefficient (Wildman–Crippen LogP) is 4.14. The number of aromatic amines is 1. The Kier molecular flexibility index (Phi) is 6.35. The molecule has 0 spiro atoms. The van der Waals surface area contributed by atoms with Crippen molar-refractivity contribution in [1.29, 1.82) is 0 Å². The first kappa shape index (κ1) is 26.3. The van der Waals surface area contributed by atoms with Gasteiger partial charge in [-0.2, -0.15) is 5.10 Å². The highest BCUT2D eigenvalue weighted by Gasteiger charge is 2.32. The molecule has 0 aliphatic carbocycles. The largest absolute Gasteiger partial charge is 0.383 e. The topological polar surface area (TPSA) is 142 Å². The van der Waals surface area contributed by atoms with Crippen molar-refractivity contribution >= 4 is 44.3 Å². The zero-order valence-electron chi connectivity index (χ0n) is 21.5. The van der Waals surface area contributed by atoms with E-state index in [0.29, 0.717) is 40.4 Å². The normalized spacial score (nSPS) is 16.3. The summed E-state index contributed by atoms with van der Waals surface area (Å²) >= 11 is 6.46. The average molecular weight is 563 g/mol. The minimum Gasteiger partial charge on any atom is -0.383 e. The van der Waals surface area contributed by atoms with E-state index >= 15 is 4.39 Å². The number of sulfonamides is 1. The molecule has 0 saturated carbocycles. The summed E-state index contributed by atoms with van der Waals surface area (Å²) < 4.78 is 42.8. The van der Waals surface area contributed by atoms with Crippen LogP contribution in [0.3, 0.4) is 0 Å². The summed E-state index contributed by atoms with van der Waals surface area (Å²) in [5.41, 5.74) is 1.15. The first-order chi connectivity index (χ1) is 17.8. The van der Waals surface area contributed by atoms with Gasteiger partial charge in [-0.25, -0.2) is 27.8 Å². The van der Waals surface area contributed by atoms with Crippen LogP contribution in [0.25, 0.3) is 22.3 Å². The van der Waals surface area contributed by atoms with Crippen molar-refractivity contribution in [1.82, 2.24) is 29.7 Å². The molecular weight excluding hydrogens is 535 g/mol. The van der Waals surface area contributed by atoms with Crippen LogP contribution in [-0.4, -0.2) is 56.0 Å². The number of aliphatic hydroxyl groups is 1. The summed E-state index contributed by atoms with van der Waals surface area (Å²) in [4.78, 5) is 13.3. The maximum atomic E-state index is 15.3. The molecule has 0 saturated heterocycles. The Balaban J connectivity index is 1.55. The molecule has 0 fully saturated rings. The highest BCUT2D eigenvalue weighted by Crippen LogP contribution is 2.37. The van der Waals surface area contributed by atoms with Gasteiger partial charge in [-0.3, -0.25) is 9.40 Å². The zero-order valence-corrected chi connectivity index (χ0v) is 23.1. The lowest BCUT2D eigenvalue weighted by molar-refractivity contribution is 0.0641. The second kappa shape index (κ2) is 9.17. The maximum Gasteiger partial charge on any atom is 0.232 e. The van der Waals surface area contributed by atoms with Crippen molar-refractivity contribution in [3.63, 3.8) is 0 Å². The van der Waals surface area contributed by atoms with Gasteiger partial charge < -0.3 is 15.0 Å². The molecular formula is C24H28ClFN8O3S. The number of H-pyrrole nitrogens is 1. The number of benzene rings is 1. The number of aromatic nitrogens is 6. The van der Waals surface area contributed by atoms with Gasteiger partial charge in [0.15, 0.2) is 5.82 Å². The van der Waals surface area contributed by atoms with Crippen LogP contribution in [0.4, 0.5) is 16.0 Å². The van der Waals surface area contributed by atoms with Crippen molar-refractivity contribution in [2.24, 2.45) is 0 Å². The van der Waals surface area contributed by atoms with Crippen LogP contribution < -0.4 is 9.62 Å². The molecule has 1 unspecified atom stereocenters. The molecule has 0 bridgehead atoms. The summed E-state index contributed by atoms with van der Waals surface area (Å²) in [6.45, 7) is 7.33. The van der Waals surface area contributed by atoms with Gasteiger partial charge in [-0.05, 0) is 46.2 Å². The fourth-order valence-corrected chi connectivity index (χ4v) is 5.92. The van der Waals surface area contributed by atoms with E-state index in [9.17, 15) is 13.5 Å². The summed E-state index contributed by atoms with van der Waals surface area (Å²) in [6.07, 6.45) is 4.49. The van der Waals surface area contributed by atoms with Crippen molar-refractivity contribution < 1.29 is 17.9 Å². The van der Waals surface area contributed by atoms with Crippen LogP contribution in [0.1, 0.15) is 57.7 Å². The van der Waals surface area contributed by atoms with Crippen molar-refractivity contribution in [2.75, 3.05) is 22.4 Å². The lowest BCUT2D eigenvalue weighted by atomic mass is 10.1. The van der Waals surface area contributed by atoms with Crippen molar-refractivity contribution in [3.05, 3.63) is 46.9 Å². The Morgan fingerprint density at radius 2 is 2.00 bits per heavy atom. The third kappa shape index (κ3) is 4.58. The molecule has 4 heterocycles. The number of imidazole rings is 1. The third-order valence-electron chi connectivity index (χ3n) is 6.42. The quantitative estimate of drug-likeness (QED) is 0.318. The summed E-state index contributed by atoms with van der Waals surface area (Å²) in [7, 11) is -3.45. The second-order valence-electron chi connectivity index (χ2n) is 10.2. The van der Waals surface area contributed by atoms with Gasteiger partial charge in [0, 0.05) is 18.2 Å². The maximum absolute atomic E-state index is 15.3. The molecule has 4 aromatic rings. The Hall–Kier alpha value is -3.29. The number of rotatable bonds is 6. The molecule has 202 valence electrons. The Bertz CT molecular complexity index is 1640. The van der Waals surface area contributed by atoms with Crippen LogP contribution in [0.5, 0.6) is 0 Å². The molecule has 3 aromatic heterocycles. The van der Waals surface area contributed by atoms with Crippen LogP contribution in [0, 0.1) is 5.82 Å². The van der Waals surface area contributed by atoms with Gasteiger partial charge >= 0.3 is 0 Å². The third-order valence-corrected chi connectivity index (χ3v) is 7.88. The van der Waals surface area contributed by atoms with Gasteiger partial charge in [0.05, 0.1) is 52.3 Å². The molecule has 1 aliphatic heterocycles. The molecule has 1 aliphatic rings.